The lowest BCUT2D eigenvalue weighted by Crippen LogP contribution is -2.03. The molecule has 0 atom stereocenters. The summed E-state index contributed by atoms with van der Waals surface area (Å²) in [7, 11) is -3.82. The fourth-order valence-corrected chi connectivity index (χ4v) is 5.20. The van der Waals surface area contributed by atoms with Crippen molar-refractivity contribution in [2.24, 2.45) is 0 Å². The van der Waals surface area contributed by atoms with Crippen LogP contribution >= 0.6 is 46.4 Å². The Hall–Kier alpha value is -2.01. The first-order chi connectivity index (χ1) is 14.8. The van der Waals surface area contributed by atoms with Crippen LogP contribution in [0.4, 0.5) is 0 Å². The van der Waals surface area contributed by atoms with E-state index in [1.54, 1.807) is 72.8 Å². The molecular formula is C24H14Cl4O2S. The lowest BCUT2D eigenvalue weighted by molar-refractivity contribution is 0.596. The second-order valence-corrected chi connectivity index (χ2v) is 10.4. The minimum atomic E-state index is -3.82. The Balaban J connectivity index is 1.80. The number of halogens is 4. The van der Waals surface area contributed by atoms with Gasteiger partial charge in [-0.2, -0.15) is 0 Å². The zero-order chi connectivity index (χ0) is 22.2. The Morgan fingerprint density at radius 1 is 0.484 bits per heavy atom. The van der Waals surface area contributed by atoms with Crippen LogP contribution in [0.25, 0.3) is 22.3 Å². The summed E-state index contributed by atoms with van der Waals surface area (Å²) in [6.45, 7) is 0. The molecule has 0 aliphatic heterocycles. The zero-order valence-electron chi connectivity index (χ0n) is 15.8. The topological polar surface area (TPSA) is 34.1 Å². The van der Waals surface area contributed by atoms with E-state index >= 15 is 0 Å². The summed E-state index contributed by atoms with van der Waals surface area (Å²) in [6, 6.07) is 23.4. The van der Waals surface area contributed by atoms with E-state index in [2.05, 4.69) is 0 Å². The molecule has 0 saturated carbocycles. The Kier molecular flexibility index (Phi) is 6.34. The maximum absolute atomic E-state index is 13.4. The highest BCUT2D eigenvalue weighted by Crippen LogP contribution is 2.36. The van der Waals surface area contributed by atoms with Gasteiger partial charge in [-0.1, -0.05) is 70.7 Å². The Morgan fingerprint density at radius 2 is 0.839 bits per heavy atom. The Labute approximate surface area is 200 Å². The second-order valence-electron chi connectivity index (χ2n) is 6.80. The van der Waals surface area contributed by atoms with Gasteiger partial charge in [0.25, 0.3) is 0 Å². The summed E-state index contributed by atoms with van der Waals surface area (Å²) in [5, 5.41) is 2.05. The van der Waals surface area contributed by atoms with Crippen molar-refractivity contribution in [1.29, 1.82) is 0 Å². The van der Waals surface area contributed by atoms with Gasteiger partial charge in [0.2, 0.25) is 9.84 Å². The number of rotatable bonds is 4. The van der Waals surface area contributed by atoms with Gasteiger partial charge >= 0.3 is 0 Å². The van der Waals surface area contributed by atoms with Crippen molar-refractivity contribution < 1.29 is 8.42 Å². The summed E-state index contributed by atoms with van der Waals surface area (Å²) in [5.41, 5.74) is 2.74. The van der Waals surface area contributed by atoms with Crippen molar-refractivity contribution in [2.75, 3.05) is 0 Å². The quantitative estimate of drug-likeness (QED) is 0.277. The van der Waals surface area contributed by atoms with Crippen LogP contribution in [0.15, 0.2) is 94.7 Å². The average Bonchev–Trinajstić information content (AvgIpc) is 2.75. The molecule has 7 heteroatoms. The molecule has 0 aliphatic carbocycles. The molecular weight excluding hydrogens is 494 g/mol. The molecule has 0 N–H and O–H groups in total. The summed E-state index contributed by atoms with van der Waals surface area (Å²) in [5.74, 6) is 0. The molecule has 0 aliphatic rings. The first kappa shape index (κ1) is 22.2. The summed E-state index contributed by atoms with van der Waals surface area (Å²) < 4.78 is 26.8. The van der Waals surface area contributed by atoms with Gasteiger partial charge in [0, 0.05) is 31.2 Å². The Bertz CT molecular complexity index is 1260. The molecule has 0 heterocycles. The molecule has 0 bridgehead atoms. The van der Waals surface area contributed by atoms with Crippen molar-refractivity contribution >= 4 is 56.2 Å². The number of sulfone groups is 1. The number of hydrogen-bond donors (Lipinski definition) is 0. The monoisotopic (exact) mass is 506 g/mol. The zero-order valence-corrected chi connectivity index (χ0v) is 19.7. The third kappa shape index (κ3) is 4.62. The van der Waals surface area contributed by atoms with Gasteiger partial charge in [0.05, 0.1) is 9.79 Å². The summed E-state index contributed by atoms with van der Waals surface area (Å²) in [4.78, 5) is 0.262. The molecule has 4 rings (SSSR count). The fourth-order valence-electron chi connectivity index (χ4n) is 3.18. The van der Waals surface area contributed by atoms with Crippen molar-refractivity contribution in [3.05, 3.63) is 105 Å². The molecule has 0 aromatic heterocycles. The summed E-state index contributed by atoms with van der Waals surface area (Å²) in [6.07, 6.45) is 0. The van der Waals surface area contributed by atoms with Crippen LogP contribution in [-0.4, -0.2) is 8.42 Å². The third-order valence-corrected chi connectivity index (χ3v) is 7.72. The minimum Gasteiger partial charge on any atom is -0.219 e. The van der Waals surface area contributed by atoms with E-state index in [0.29, 0.717) is 31.2 Å². The molecule has 0 spiro atoms. The summed E-state index contributed by atoms with van der Waals surface area (Å²) >= 11 is 24.6. The number of hydrogen-bond acceptors (Lipinski definition) is 2. The molecule has 4 aromatic rings. The van der Waals surface area contributed by atoms with Crippen molar-refractivity contribution in [3.63, 3.8) is 0 Å². The molecule has 2 nitrogen and oxygen atoms in total. The third-order valence-electron chi connectivity index (χ3n) is 4.81. The van der Waals surface area contributed by atoms with Crippen LogP contribution in [-0.2, 0) is 9.84 Å². The van der Waals surface area contributed by atoms with Gasteiger partial charge in [-0.15, -0.1) is 0 Å². The van der Waals surface area contributed by atoms with E-state index in [-0.39, 0.29) is 9.79 Å². The maximum atomic E-state index is 13.4. The lowest BCUT2D eigenvalue weighted by Gasteiger charge is -2.12. The minimum absolute atomic E-state index is 0.131. The SMILES string of the molecule is O=S(=O)(c1ccc(Cl)c(-c2ccc(Cl)cc2)c1)c1ccc(Cl)c(-c2ccc(Cl)cc2)c1. The molecule has 0 unspecified atom stereocenters. The van der Waals surface area contributed by atoms with Crippen molar-refractivity contribution in [3.8, 4) is 22.3 Å². The molecule has 31 heavy (non-hydrogen) atoms. The second kappa shape index (κ2) is 8.85. The van der Waals surface area contributed by atoms with E-state index in [9.17, 15) is 8.42 Å². The predicted octanol–water partition coefficient (Wildman–Crippen LogP) is 8.47. The van der Waals surface area contributed by atoms with Gasteiger partial charge in [-0.25, -0.2) is 8.42 Å². The molecule has 0 fully saturated rings. The van der Waals surface area contributed by atoms with Gasteiger partial charge in [-0.05, 0) is 71.8 Å². The normalized spacial score (nSPS) is 11.5. The average molecular weight is 508 g/mol. The van der Waals surface area contributed by atoms with E-state index in [0.717, 1.165) is 11.1 Å². The molecule has 0 saturated heterocycles. The van der Waals surface area contributed by atoms with Crippen molar-refractivity contribution in [1.82, 2.24) is 0 Å². The predicted molar refractivity (Wildman–Crippen MR) is 129 cm³/mol. The Morgan fingerprint density at radius 3 is 1.19 bits per heavy atom. The largest absolute Gasteiger partial charge is 0.219 e. The molecule has 0 amide bonds. The van der Waals surface area contributed by atoms with Crippen LogP contribution in [0.5, 0.6) is 0 Å². The van der Waals surface area contributed by atoms with Crippen LogP contribution in [0.2, 0.25) is 20.1 Å². The standard InChI is InChI=1S/C24H14Cl4O2S/c25-17-5-1-15(2-6-17)21-13-19(9-11-23(21)27)31(29,30)20-10-12-24(28)22(14-20)16-3-7-18(26)8-4-16/h1-14H. The fraction of sp³-hybridized carbons (Fsp3) is 0. The highest BCUT2D eigenvalue weighted by atomic mass is 35.5. The first-order valence-electron chi connectivity index (χ1n) is 9.12. The van der Waals surface area contributed by atoms with Crippen LogP contribution in [0.3, 0.4) is 0 Å². The maximum Gasteiger partial charge on any atom is 0.206 e. The highest BCUT2D eigenvalue weighted by molar-refractivity contribution is 7.91. The lowest BCUT2D eigenvalue weighted by atomic mass is 10.1. The van der Waals surface area contributed by atoms with Gasteiger partial charge in [-0.3, -0.25) is 0 Å². The smallest absolute Gasteiger partial charge is 0.206 e. The van der Waals surface area contributed by atoms with E-state index < -0.39 is 9.84 Å². The van der Waals surface area contributed by atoms with Gasteiger partial charge < -0.3 is 0 Å². The van der Waals surface area contributed by atoms with Crippen LogP contribution < -0.4 is 0 Å². The van der Waals surface area contributed by atoms with Crippen LogP contribution in [0, 0.1) is 0 Å². The van der Waals surface area contributed by atoms with Crippen molar-refractivity contribution in [2.45, 2.75) is 9.79 Å². The highest BCUT2D eigenvalue weighted by Gasteiger charge is 2.21. The van der Waals surface area contributed by atoms with E-state index in [1.807, 2.05) is 0 Å². The number of benzene rings is 4. The van der Waals surface area contributed by atoms with E-state index in [1.165, 1.54) is 12.1 Å². The van der Waals surface area contributed by atoms with Crippen LogP contribution in [0.1, 0.15) is 0 Å². The van der Waals surface area contributed by atoms with E-state index in [4.69, 9.17) is 46.4 Å². The van der Waals surface area contributed by atoms with Gasteiger partial charge in [0.15, 0.2) is 0 Å². The molecule has 156 valence electrons. The van der Waals surface area contributed by atoms with Gasteiger partial charge in [0.1, 0.15) is 0 Å². The molecule has 4 aromatic carbocycles. The first-order valence-corrected chi connectivity index (χ1v) is 12.1. The molecule has 0 radical (unpaired) electrons.